The molecule has 6 nitrogen and oxygen atoms in total. The Morgan fingerprint density at radius 1 is 1.48 bits per heavy atom. The Hall–Kier alpha value is -2.21. The fourth-order valence-corrected chi connectivity index (χ4v) is 3.11. The van der Waals surface area contributed by atoms with E-state index >= 15 is 0 Å². The number of hydrogen-bond acceptors (Lipinski definition) is 4. The van der Waals surface area contributed by atoms with Gasteiger partial charge in [0.2, 0.25) is 5.91 Å². The summed E-state index contributed by atoms with van der Waals surface area (Å²) < 4.78 is 12.7. The molecule has 0 saturated carbocycles. The van der Waals surface area contributed by atoms with Crippen LogP contribution in [0.5, 0.6) is 11.5 Å². The Morgan fingerprint density at radius 2 is 2.28 bits per heavy atom. The molecule has 0 fully saturated rings. The van der Waals surface area contributed by atoms with Crippen LogP contribution in [0.3, 0.4) is 0 Å². The number of hydrogen-bond donors (Lipinski definition) is 1. The highest BCUT2D eigenvalue weighted by molar-refractivity contribution is 6.31. The lowest BCUT2D eigenvalue weighted by molar-refractivity contribution is -0.126. The Morgan fingerprint density at radius 3 is 2.96 bits per heavy atom. The number of carbonyl (C=O) groups is 1. The molecule has 0 aliphatic carbocycles. The molecule has 1 unspecified atom stereocenters. The number of aromatic nitrogens is 2. The second-order valence-electron chi connectivity index (χ2n) is 6.18. The van der Waals surface area contributed by atoms with Crippen LogP contribution in [0.4, 0.5) is 0 Å². The number of halogens is 1. The van der Waals surface area contributed by atoms with Crippen molar-refractivity contribution >= 4 is 17.5 Å². The maximum absolute atomic E-state index is 12.4. The lowest BCUT2D eigenvalue weighted by Crippen LogP contribution is -2.38. The van der Waals surface area contributed by atoms with E-state index in [9.17, 15) is 4.79 Å². The van der Waals surface area contributed by atoms with Crippen LogP contribution in [-0.4, -0.2) is 35.9 Å². The highest BCUT2D eigenvalue weighted by Gasteiger charge is 2.26. The van der Waals surface area contributed by atoms with Gasteiger partial charge in [-0.05, 0) is 31.9 Å². The molecule has 2 aromatic rings. The highest BCUT2D eigenvalue weighted by Crippen LogP contribution is 2.31. The van der Waals surface area contributed by atoms with Gasteiger partial charge in [-0.2, -0.15) is 5.10 Å². The summed E-state index contributed by atoms with van der Waals surface area (Å²) in [6.07, 6.45) is 0.664. The molecule has 25 heavy (non-hydrogen) atoms. The second-order valence-corrected chi connectivity index (χ2v) is 6.56. The Labute approximate surface area is 152 Å². The number of nitrogens with one attached hydrogen (secondary N) is 1. The van der Waals surface area contributed by atoms with E-state index in [-0.39, 0.29) is 11.8 Å². The van der Waals surface area contributed by atoms with Gasteiger partial charge in [-0.1, -0.05) is 17.7 Å². The molecule has 1 aromatic carbocycles. The number of carbonyl (C=O) groups excluding carboxylic acids is 1. The maximum atomic E-state index is 12.4. The first-order valence-electron chi connectivity index (χ1n) is 8.26. The van der Waals surface area contributed by atoms with Gasteiger partial charge in [0.1, 0.15) is 18.1 Å². The number of fused-ring (bicyclic) bond motifs is 1. The number of nitrogens with zero attached hydrogens (tertiary/aromatic N) is 2. The third-order valence-corrected chi connectivity index (χ3v) is 5.01. The molecule has 0 saturated heterocycles. The Kier molecular flexibility index (Phi) is 5.18. The van der Waals surface area contributed by atoms with Crippen molar-refractivity contribution in [1.29, 1.82) is 0 Å². The van der Waals surface area contributed by atoms with E-state index < -0.39 is 0 Å². The first-order chi connectivity index (χ1) is 12.0. The normalized spacial score (nSPS) is 16.1. The third kappa shape index (κ3) is 3.74. The zero-order valence-corrected chi connectivity index (χ0v) is 15.4. The molecule has 1 N–H and O–H groups in total. The second kappa shape index (κ2) is 7.35. The summed E-state index contributed by atoms with van der Waals surface area (Å²) in [5, 5.41) is 8.00. The summed E-state index contributed by atoms with van der Waals surface area (Å²) in [6.45, 7) is 5.26. The predicted octanol–water partition coefficient (Wildman–Crippen LogP) is 2.53. The molecule has 3 rings (SSSR count). The summed E-state index contributed by atoms with van der Waals surface area (Å²) in [7, 11) is 1.62. The van der Waals surface area contributed by atoms with Crippen LogP contribution in [0.1, 0.15) is 17.0 Å². The van der Waals surface area contributed by atoms with Crippen LogP contribution in [-0.2, 0) is 17.8 Å². The number of methoxy groups -OCH3 is 1. The molecule has 0 radical (unpaired) electrons. The minimum atomic E-state index is -0.190. The van der Waals surface area contributed by atoms with E-state index in [1.54, 1.807) is 7.11 Å². The molecule has 1 aliphatic rings. The monoisotopic (exact) mass is 363 g/mol. The van der Waals surface area contributed by atoms with Crippen molar-refractivity contribution in [2.75, 3.05) is 20.3 Å². The fourth-order valence-electron chi connectivity index (χ4n) is 2.97. The van der Waals surface area contributed by atoms with Crippen molar-refractivity contribution < 1.29 is 14.3 Å². The van der Waals surface area contributed by atoms with Gasteiger partial charge in [0.25, 0.3) is 0 Å². The van der Waals surface area contributed by atoms with Crippen LogP contribution in [0.25, 0.3) is 0 Å². The van der Waals surface area contributed by atoms with Crippen molar-refractivity contribution in [3.63, 3.8) is 0 Å². The third-order valence-electron chi connectivity index (χ3n) is 4.47. The van der Waals surface area contributed by atoms with Gasteiger partial charge in [-0.3, -0.25) is 9.48 Å². The van der Waals surface area contributed by atoms with Gasteiger partial charge in [0, 0.05) is 12.6 Å². The fraction of sp³-hybridized carbons (Fsp3) is 0.444. The van der Waals surface area contributed by atoms with Crippen molar-refractivity contribution in [3.05, 3.63) is 40.2 Å². The van der Waals surface area contributed by atoms with Gasteiger partial charge in [0.05, 0.1) is 36.0 Å². The quantitative estimate of drug-likeness (QED) is 0.886. The van der Waals surface area contributed by atoms with E-state index in [1.165, 1.54) is 0 Å². The van der Waals surface area contributed by atoms with Crippen molar-refractivity contribution in [2.24, 2.45) is 5.92 Å². The molecule has 1 aromatic heterocycles. The van der Waals surface area contributed by atoms with E-state index in [0.29, 0.717) is 31.1 Å². The zero-order valence-electron chi connectivity index (χ0n) is 14.6. The maximum Gasteiger partial charge on any atom is 0.226 e. The number of amides is 1. The van der Waals surface area contributed by atoms with E-state index in [2.05, 4.69) is 10.4 Å². The lowest BCUT2D eigenvalue weighted by atomic mass is 9.96. The lowest BCUT2D eigenvalue weighted by Gasteiger charge is -2.25. The highest BCUT2D eigenvalue weighted by atomic mass is 35.5. The average molecular weight is 364 g/mol. The van der Waals surface area contributed by atoms with Crippen LogP contribution in [0.15, 0.2) is 18.2 Å². The van der Waals surface area contributed by atoms with Crippen LogP contribution >= 0.6 is 11.6 Å². The van der Waals surface area contributed by atoms with Crippen LogP contribution < -0.4 is 14.8 Å². The topological polar surface area (TPSA) is 65.4 Å². The molecule has 1 aliphatic heterocycles. The largest absolute Gasteiger partial charge is 0.497 e. The first-order valence-corrected chi connectivity index (χ1v) is 8.64. The molecule has 1 amide bonds. The van der Waals surface area contributed by atoms with Gasteiger partial charge >= 0.3 is 0 Å². The standard InChI is InChI=1S/C18H22ClN3O3/c1-11-17(19)12(2)22(21-11)7-6-20-18(23)14-8-13-4-5-15(24-3)9-16(13)25-10-14/h4-5,9,14H,6-8,10H2,1-3H3,(H,20,23). The van der Waals surface area contributed by atoms with E-state index in [0.717, 1.165) is 28.5 Å². The molecule has 1 atom stereocenters. The van der Waals surface area contributed by atoms with Crippen molar-refractivity contribution in [1.82, 2.24) is 15.1 Å². The zero-order chi connectivity index (χ0) is 18.0. The van der Waals surface area contributed by atoms with Crippen LogP contribution in [0, 0.1) is 19.8 Å². The molecular formula is C18H22ClN3O3. The summed E-state index contributed by atoms with van der Waals surface area (Å²) in [5.41, 5.74) is 2.74. The van der Waals surface area contributed by atoms with E-state index in [4.69, 9.17) is 21.1 Å². The molecule has 7 heteroatoms. The van der Waals surface area contributed by atoms with Crippen molar-refractivity contribution in [2.45, 2.75) is 26.8 Å². The Bertz CT molecular complexity index is 788. The summed E-state index contributed by atoms with van der Waals surface area (Å²) in [6, 6.07) is 5.69. The molecular weight excluding hydrogens is 342 g/mol. The Balaban J connectivity index is 1.54. The number of aryl methyl sites for hydroxylation is 1. The molecule has 134 valence electrons. The first kappa shape index (κ1) is 17.6. The summed E-state index contributed by atoms with van der Waals surface area (Å²) in [5.74, 6) is 1.35. The molecule has 0 spiro atoms. The summed E-state index contributed by atoms with van der Waals surface area (Å²) in [4.78, 5) is 12.4. The van der Waals surface area contributed by atoms with Crippen LogP contribution in [0.2, 0.25) is 5.02 Å². The summed E-state index contributed by atoms with van der Waals surface area (Å²) >= 11 is 6.13. The molecule has 2 heterocycles. The van der Waals surface area contributed by atoms with Gasteiger partial charge < -0.3 is 14.8 Å². The van der Waals surface area contributed by atoms with Gasteiger partial charge in [-0.25, -0.2) is 0 Å². The minimum absolute atomic E-state index is 0.00547. The van der Waals surface area contributed by atoms with Gasteiger partial charge in [-0.15, -0.1) is 0 Å². The van der Waals surface area contributed by atoms with Gasteiger partial charge in [0.15, 0.2) is 0 Å². The number of rotatable bonds is 5. The number of ether oxygens (including phenoxy) is 2. The SMILES string of the molecule is COc1ccc2c(c1)OCC(C(=O)NCCn1nc(C)c(Cl)c1C)C2. The van der Waals surface area contributed by atoms with E-state index in [1.807, 2.05) is 36.7 Å². The van der Waals surface area contributed by atoms with Crippen molar-refractivity contribution in [3.8, 4) is 11.5 Å². The number of benzene rings is 1. The molecule has 0 bridgehead atoms. The average Bonchev–Trinajstić information content (AvgIpc) is 2.87. The smallest absolute Gasteiger partial charge is 0.226 e. The predicted molar refractivity (Wildman–Crippen MR) is 95.4 cm³/mol. The minimum Gasteiger partial charge on any atom is -0.497 e.